The van der Waals surface area contributed by atoms with E-state index in [1.54, 1.807) is 31.0 Å². The minimum absolute atomic E-state index is 0.0797. The van der Waals surface area contributed by atoms with Gasteiger partial charge in [-0.25, -0.2) is 14.6 Å². The SMILES string of the molecule is CCOC(=O)C1=C(CN2CCN3C(=O)N(CC(C)C(=O)O)CC3C2)NC(c2nccs2)=NC1c1ccccc1Cl. The van der Waals surface area contributed by atoms with Crippen LogP contribution in [-0.4, -0.2) is 101 Å². The van der Waals surface area contributed by atoms with Gasteiger partial charge in [0.25, 0.3) is 0 Å². The third-order valence-electron chi connectivity index (χ3n) is 7.27. The maximum absolute atomic E-state index is 13.4. The zero-order valence-corrected chi connectivity index (χ0v) is 23.8. The highest BCUT2D eigenvalue weighted by atomic mass is 35.5. The van der Waals surface area contributed by atoms with E-state index in [1.807, 2.05) is 28.5 Å². The summed E-state index contributed by atoms with van der Waals surface area (Å²) in [7, 11) is 0. The number of amides is 2. The van der Waals surface area contributed by atoms with Gasteiger partial charge in [-0.3, -0.25) is 14.7 Å². The molecule has 0 spiro atoms. The van der Waals surface area contributed by atoms with Gasteiger partial charge in [-0.05, 0) is 13.0 Å². The van der Waals surface area contributed by atoms with Crippen LogP contribution in [0.1, 0.15) is 30.5 Å². The molecule has 13 heteroatoms. The molecular weight excluding hydrogens is 556 g/mol. The number of hydrogen-bond donors (Lipinski definition) is 2. The molecule has 1 aromatic carbocycles. The van der Waals surface area contributed by atoms with Crippen molar-refractivity contribution < 1.29 is 24.2 Å². The maximum Gasteiger partial charge on any atom is 0.338 e. The Morgan fingerprint density at radius 2 is 2.08 bits per heavy atom. The van der Waals surface area contributed by atoms with Gasteiger partial charge >= 0.3 is 18.0 Å². The molecule has 2 amide bonds. The molecule has 5 rings (SSSR count). The molecule has 4 heterocycles. The summed E-state index contributed by atoms with van der Waals surface area (Å²) in [6.07, 6.45) is 1.70. The van der Waals surface area contributed by atoms with E-state index in [9.17, 15) is 19.5 Å². The summed E-state index contributed by atoms with van der Waals surface area (Å²) in [6, 6.07) is 6.42. The molecule has 1 aromatic heterocycles. The minimum Gasteiger partial charge on any atom is -0.481 e. The van der Waals surface area contributed by atoms with Crippen molar-refractivity contribution in [2.45, 2.75) is 25.9 Å². The summed E-state index contributed by atoms with van der Waals surface area (Å²) in [5, 5.41) is 15.7. The lowest BCUT2D eigenvalue weighted by Crippen LogP contribution is -2.53. The number of carbonyl (C=O) groups excluding carboxylic acids is 2. The fourth-order valence-electron chi connectivity index (χ4n) is 5.31. The molecule has 3 atom stereocenters. The van der Waals surface area contributed by atoms with Gasteiger partial charge in [0.15, 0.2) is 10.8 Å². The summed E-state index contributed by atoms with van der Waals surface area (Å²) < 4.78 is 5.48. The van der Waals surface area contributed by atoms with Gasteiger partial charge in [0.1, 0.15) is 6.04 Å². The molecule has 212 valence electrons. The first-order valence-corrected chi connectivity index (χ1v) is 14.4. The van der Waals surface area contributed by atoms with Gasteiger partial charge in [-0.2, -0.15) is 0 Å². The Hall–Kier alpha value is -3.48. The molecule has 0 saturated carbocycles. The molecule has 3 unspecified atom stereocenters. The normalized spacial score (nSPS) is 22.1. The van der Waals surface area contributed by atoms with Crippen LogP contribution in [-0.2, 0) is 14.3 Å². The first-order valence-electron chi connectivity index (χ1n) is 13.2. The standard InChI is InChI=1S/C27H31ClN6O5S/c1-3-39-26(37)21-20(15-32-9-10-34-17(13-32)14-33(27(34)38)12-16(2)25(35)36)30-23(24-29-8-11-40-24)31-22(21)18-6-4-5-7-19(18)28/h4-8,11,16-17,22H,3,9-10,12-15H2,1-2H3,(H,30,31)(H,35,36). The third kappa shape index (κ3) is 5.70. The Kier molecular flexibility index (Phi) is 8.38. The number of nitrogens with zero attached hydrogens (tertiary/aromatic N) is 5. The number of hydrogen-bond acceptors (Lipinski definition) is 9. The molecule has 3 aliphatic heterocycles. The number of aromatic nitrogens is 1. The second kappa shape index (κ2) is 11.9. The van der Waals surface area contributed by atoms with Gasteiger partial charge < -0.3 is 25.0 Å². The van der Waals surface area contributed by atoms with E-state index < -0.39 is 23.9 Å². The van der Waals surface area contributed by atoms with Crippen LogP contribution in [0, 0.1) is 5.92 Å². The van der Waals surface area contributed by atoms with Gasteiger partial charge in [0, 0.05) is 67.1 Å². The van der Waals surface area contributed by atoms with Gasteiger partial charge in [0.2, 0.25) is 0 Å². The number of nitrogens with one attached hydrogen (secondary N) is 1. The monoisotopic (exact) mass is 586 g/mol. The lowest BCUT2D eigenvalue weighted by Gasteiger charge is -2.38. The number of amidine groups is 1. The number of carbonyl (C=O) groups is 3. The second-order valence-corrected chi connectivity index (χ2v) is 11.3. The van der Waals surface area contributed by atoms with Gasteiger partial charge in [0.05, 0.1) is 24.1 Å². The van der Waals surface area contributed by atoms with E-state index >= 15 is 0 Å². The number of urea groups is 1. The molecule has 40 heavy (non-hydrogen) atoms. The molecule has 2 N–H and O–H groups in total. The van der Waals surface area contributed by atoms with Crippen molar-refractivity contribution in [3.05, 3.63) is 62.7 Å². The van der Waals surface area contributed by atoms with Crippen LogP contribution in [0.15, 0.2) is 52.1 Å². The number of halogens is 1. The average Bonchev–Trinajstić information content (AvgIpc) is 3.57. The van der Waals surface area contributed by atoms with Crippen molar-refractivity contribution in [2.24, 2.45) is 10.9 Å². The van der Waals surface area contributed by atoms with Crippen LogP contribution in [0.4, 0.5) is 4.79 Å². The Morgan fingerprint density at radius 1 is 1.27 bits per heavy atom. The molecule has 2 aromatic rings. The smallest absolute Gasteiger partial charge is 0.338 e. The highest BCUT2D eigenvalue weighted by molar-refractivity contribution is 7.11. The Labute approximate surface area is 241 Å². The number of aliphatic imine (C=N–C) groups is 1. The molecule has 3 aliphatic rings. The lowest BCUT2D eigenvalue weighted by atomic mass is 9.95. The number of carboxylic acid groups (broad SMARTS) is 1. The van der Waals surface area contributed by atoms with Crippen LogP contribution in [0.2, 0.25) is 5.02 Å². The third-order valence-corrected chi connectivity index (χ3v) is 8.39. The number of fused-ring (bicyclic) bond motifs is 1. The van der Waals surface area contributed by atoms with Crippen LogP contribution < -0.4 is 5.32 Å². The number of rotatable bonds is 9. The van der Waals surface area contributed by atoms with E-state index in [-0.39, 0.29) is 25.2 Å². The molecular formula is C27H31ClN6O5S. The van der Waals surface area contributed by atoms with Crippen LogP contribution in [0.3, 0.4) is 0 Å². The highest BCUT2D eigenvalue weighted by Crippen LogP contribution is 2.36. The summed E-state index contributed by atoms with van der Waals surface area (Å²) in [5.74, 6) is -1.49. The van der Waals surface area contributed by atoms with Crippen molar-refractivity contribution in [1.29, 1.82) is 0 Å². The van der Waals surface area contributed by atoms with E-state index in [0.717, 1.165) is 0 Å². The summed E-state index contributed by atoms with van der Waals surface area (Å²) in [4.78, 5) is 52.6. The fourth-order valence-corrected chi connectivity index (χ4v) is 6.14. The Bertz CT molecular complexity index is 1350. The Balaban J connectivity index is 1.44. The average molecular weight is 587 g/mol. The zero-order chi connectivity index (χ0) is 28.4. The van der Waals surface area contributed by atoms with Crippen LogP contribution in [0.25, 0.3) is 0 Å². The minimum atomic E-state index is -0.924. The number of benzene rings is 1. The van der Waals surface area contributed by atoms with Crippen molar-refractivity contribution in [2.75, 3.05) is 45.9 Å². The molecule has 11 nitrogen and oxygen atoms in total. The van der Waals surface area contributed by atoms with Gasteiger partial charge in [-0.15, -0.1) is 11.3 Å². The quantitative estimate of drug-likeness (QED) is 0.429. The number of esters is 1. The number of piperazine rings is 1. The molecule has 2 saturated heterocycles. The predicted molar refractivity (Wildman–Crippen MR) is 150 cm³/mol. The van der Waals surface area contributed by atoms with Crippen molar-refractivity contribution >= 4 is 46.7 Å². The first-order chi connectivity index (χ1) is 19.3. The fraction of sp³-hybridized carbons (Fsp3) is 0.444. The molecule has 0 bridgehead atoms. The maximum atomic E-state index is 13.4. The number of aliphatic carboxylic acids is 1. The summed E-state index contributed by atoms with van der Waals surface area (Å²) in [6.45, 7) is 6.27. The van der Waals surface area contributed by atoms with Crippen molar-refractivity contribution in [3.63, 3.8) is 0 Å². The highest BCUT2D eigenvalue weighted by Gasteiger charge is 2.42. The predicted octanol–water partition coefficient (Wildman–Crippen LogP) is 2.85. The van der Waals surface area contributed by atoms with E-state index in [1.165, 1.54) is 11.3 Å². The van der Waals surface area contributed by atoms with Gasteiger partial charge in [-0.1, -0.05) is 36.7 Å². The lowest BCUT2D eigenvalue weighted by molar-refractivity contribution is -0.141. The van der Waals surface area contributed by atoms with E-state index in [0.29, 0.717) is 65.4 Å². The van der Waals surface area contributed by atoms with Crippen LogP contribution in [0.5, 0.6) is 0 Å². The van der Waals surface area contributed by atoms with Crippen molar-refractivity contribution in [1.82, 2.24) is 25.0 Å². The van der Waals surface area contributed by atoms with E-state index in [2.05, 4.69) is 15.2 Å². The summed E-state index contributed by atoms with van der Waals surface area (Å²) >= 11 is 8.03. The second-order valence-electron chi connectivity index (χ2n) is 9.99. The number of ether oxygens (including phenoxy) is 1. The van der Waals surface area contributed by atoms with Crippen LogP contribution >= 0.6 is 22.9 Å². The molecule has 2 fully saturated rings. The first kappa shape index (κ1) is 28.1. The molecule has 0 aliphatic carbocycles. The van der Waals surface area contributed by atoms with Crippen molar-refractivity contribution in [3.8, 4) is 0 Å². The molecule has 0 radical (unpaired) electrons. The zero-order valence-electron chi connectivity index (χ0n) is 22.2. The summed E-state index contributed by atoms with van der Waals surface area (Å²) in [5.41, 5.74) is 1.73. The number of thiazole rings is 1. The van der Waals surface area contributed by atoms with E-state index in [4.69, 9.17) is 21.3 Å². The Morgan fingerprint density at radius 3 is 2.77 bits per heavy atom. The number of carboxylic acids is 1. The largest absolute Gasteiger partial charge is 0.481 e. The topological polar surface area (TPSA) is 128 Å².